The second-order valence-electron chi connectivity index (χ2n) is 5.92. The summed E-state index contributed by atoms with van der Waals surface area (Å²) in [5.74, 6) is 1.34. The predicted octanol–water partition coefficient (Wildman–Crippen LogP) is 1.96. The first kappa shape index (κ1) is 17.8. The van der Waals surface area contributed by atoms with E-state index >= 15 is 0 Å². The molecule has 2 aromatic heterocycles. The molecular weight excluding hydrogens is 334 g/mol. The lowest BCUT2D eigenvalue weighted by Crippen LogP contribution is -2.18. The zero-order valence-electron chi connectivity index (χ0n) is 14.7. The van der Waals surface area contributed by atoms with Crippen molar-refractivity contribution in [2.24, 2.45) is 0 Å². The van der Waals surface area contributed by atoms with Crippen LogP contribution in [-0.2, 0) is 0 Å². The average molecular weight is 355 g/mol. The summed E-state index contributed by atoms with van der Waals surface area (Å²) in [5, 5.41) is 12.6. The Morgan fingerprint density at radius 1 is 1.31 bits per heavy atom. The zero-order chi connectivity index (χ0) is 18.5. The van der Waals surface area contributed by atoms with Crippen LogP contribution in [0.25, 0.3) is 22.4 Å². The van der Waals surface area contributed by atoms with Crippen LogP contribution in [0.4, 0.5) is 5.95 Å². The number of ether oxygens (including phenoxy) is 1. The normalized spacial score (nSPS) is 12.1. The number of aromatic nitrogens is 4. The Kier molecular flexibility index (Phi) is 5.43. The van der Waals surface area contributed by atoms with Gasteiger partial charge in [0.15, 0.2) is 5.65 Å². The zero-order valence-corrected chi connectivity index (χ0v) is 14.7. The minimum Gasteiger partial charge on any atom is -0.493 e. The standard InChI is InChI=1S/C18H21N5O3/c1-3-8-26-14-7-5-4-6-12(14)15-21-16-13(17(25)22-15)10-20-18(23-16)19-9-11(2)24/h4-7,10-11,24H,3,8-9H2,1-2H3,(H2,19,20,21,22,23,25). The first-order chi connectivity index (χ1) is 12.6. The fourth-order valence-electron chi connectivity index (χ4n) is 2.38. The number of nitrogens with one attached hydrogen (secondary N) is 2. The van der Waals surface area contributed by atoms with Gasteiger partial charge >= 0.3 is 0 Å². The largest absolute Gasteiger partial charge is 0.493 e. The Balaban J connectivity index is 2.03. The molecule has 0 bridgehead atoms. The van der Waals surface area contributed by atoms with E-state index in [-0.39, 0.29) is 11.2 Å². The summed E-state index contributed by atoms with van der Waals surface area (Å²) in [5.41, 5.74) is 0.645. The molecule has 3 rings (SSSR count). The molecule has 0 spiro atoms. The number of H-pyrrole nitrogens is 1. The molecule has 1 unspecified atom stereocenters. The summed E-state index contributed by atoms with van der Waals surface area (Å²) in [6.45, 7) is 4.56. The SMILES string of the molecule is CCCOc1ccccc1-c1nc2nc(NCC(C)O)ncc2c(=O)[nH]1. The molecule has 0 aliphatic heterocycles. The van der Waals surface area contributed by atoms with Crippen LogP contribution < -0.4 is 15.6 Å². The molecule has 2 heterocycles. The Hall–Kier alpha value is -3.00. The second-order valence-corrected chi connectivity index (χ2v) is 5.92. The van der Waals surface area contributed by atoms with E-state index in [1.54, 1.807) is 6.92 Å². The van der Waals surface area contributed by atoms with Gasteiger partial charge in [-0.25, -0.2) is 9.97 Å². The number of benzene rings is 1. The van der Waals surface area contributed by atoms with Gasteiger partial charge in [0.05, 0.1) is 18.3 Å². The molecule has 136 valence electrons. The lowest BCUT2D eigenvalue weighted by atomic mass is 10.2. The Bertz CT molecular complexity index is 955. The molecule has 3 N–H and O–H groups in total. The van der Waals surface area contributed by atoms with E-state index in [1.165, 1.54) is 6.20 Å². The van der Waals surface area contributed by atoms with Gasteiger partial charge in [-0.1, -0.05) is 19.1 Å². The van der Waals surface area contributed by atoms with Crippen molar-refractivity contribution in [3.05, 3.63) is 40.8 Å². The van der Waals surface area contributed by atoms with Gasteiger partial charge in [-0.15, -0.1) is 0 Å². The maximum atomic E-state index is 12.4. The quantitative estimate of drug-likeness (QED) is 0.594. The summed E-state index contributed by atoms with van der Waals surface area (Å²) in [4.78, 5) is 28.0. The number of fused-ring (bicyclic) bond motifs is 1. The highest BCUT2D eigenvalue weighted by Crippen LogP contribution is 2.27. The second kappa shape index (κ2) is 7.92. The maximum absolute atomic E-state index is 12.4. The summed E-state index contributed by atoms with van der Waals surface area (Å²) in [7, 11) is 0. The van der Waals surface area contributed by atoms with Crippen LogP contribution in [0.3, 0.4) is 0 Å². The number of nitrogens with zero attached hydrogens (tertiary/aromatic N) is 3. The highest BCUT2D eigenvalue weighted by atomic mass is 16.5. The molecule has 0 aliphatic rings. The van der Waals surface area contributed by atoms with Crippen molar-refractivity contribution in [3.63, 3.8) is 0 Å². The van der Waals surface area contributed by atoms with E-state index in [1.807, 2.05) is 31.2 Å². The minimum atomic E-state index is -0.542. The summed E-state index contributed by atoms with van der Waals surface area (Å²) < 4.78 is 5.75. The van der Waals surface area contributed by atoms with Crippen molar-refractivity contribution in [3.8, 4) is 17.1 Å². The topological polar surface area (TPSA) is 113 Å². The molecular formula is C18H21N5O3. The molecule has 3 aromatic rings. The van der Waals surface area contributed by atoms with Crippen molar-refractivity contribution in [1.29, 1.82) is 0 Å². The molecule has 0 saturated carbocycles. The van der Waals surface area contributed by atoms with Gasteiger partial charge in [-0.05, 0) is 25.5 Å². The first-order valence-electron chi connectivity index (χ1n) is 8.49. The van der Waals surface area contributed by atoms with E-state index in [0.29, 0.717) is 41.6 Å². The van der Waals surface area contributed by atoms with Crippen LogP contribution in [0.1, 0.15) is 20.3 Å². The van der Waals surface area contributed by atoms with Gasteiger partial charge in [-0.2, -0.15) is 4.98 Å². The number of aliphatic hydroxyl groups is 1. The third-order valence-corrected chi connectivity index (χ3v) is 3.62. The van der Waals surface area contributed by atoms with Crippen molar-refractivity contribution >= 4 is 17.0 Å². The van der Waals surface area contributed by atoms with Gasteiger partial charge in [0.25, 0.3) is 5.56 Å². The lowest BCUT2D eigenvalue weighted by molar-refractivity contribution is 0.208. The fraction of sp³-hybridized carbons (Fsp3) is 0.333. The molecule has 1 atom stereocenters. The first-order valence-corrected chi connectivity index (χ1v) is 8.49. The third kappa shape index (κ3) is 3.97. The number of para-hydroxylation sites is 1. The van der Waals surface area contributed by atoms with Crippen molar-refractivity contribution in [2.45, 2.75) is 26.4 Å². The van der Waals surface area contributed by atoms with Crippen LogP contribution in [0, 0.1) is 0 Å². The van der Waals surface area contributed by atoms with Gasteiger partial charge in [0, 0.05) is 12.7 Å². The average Bonchev–Trinajstić information content (AvgIpc) is 2.64. The van der Waals surface area contributed by atoms with Gasteiger partial charge in [-0.3, -0.25) is 4.79 Å². The van der Waals surface area contributed by atoms with Crippen LogP contribution in [0.2, 0.25) is 0 Å². The van der Waals surface area contributed by atoms with Crippen molar-refractivity contribution in [2.75, 3.05) is 18.5 Å². The number of hydrogen-bond acceptors (Lipinski definition) is 7. The molecule has 1 aromatic carbocycles. The molecule has 0 radical (unpaired) electrons. The Labute approximate surface area is 150 Å². The van der Waals surface area contributed by atoms with E-state index < -0.39 is 6.10 Å². The van der Waals surface area contributed by atoms with Crippen LogP contribution in [0.5, 0.6) is 5.75 Å². The summed E-state index contributed by atoms with van der Waals surface area (Å²) in [6.07, 6.45) is 1.75. The van der Waals surface area contributed by atoms with E-state index in [0.717, 1.165) is 6.42 Å². The Morgan fingerprint density at radius 2 is 2.12 bits per heavy atom. The van der Waals surface area contributed by atoms with E-state index in [9.17, 15) is 9.90 Å². The molecule has 0 amide bonds. The molecule has 8 heteroatoms. The summed E-state index contributed by atoms with van der Waals surface area (Å²) >= 11 is 0. The number of anilines is 1. The minimum absolute atomic E-state index is 0.275. The third-order valence-electron chi connectivity index (χ3n) is 3.62. The molecule has 26 heavy (non-hydrogen) atoms. The Morgan fingerprint density at radius 3 is 2.88 bits per heavy atom. The highest BCUT2D eigenvalue weighted by Gasteiger charge is 2.12. The van der Waals surface area contributed by atoms with Gasteiger partial charge in [0.1, 0.15) is 17.0 Å². The highest BCUT2D eigenvalue weighted by molar-refractivity contribution is 5.77. The van der Waals surface area contributed by atoms with E-state index in [2.05, 4.69) is 25.3 Å². The van der Waals surface area contributed by atoms with Crippen molar-refractivity contribution < 1.29 is 9.84 Å². The predicted molar refractivity (Wildman–Crippen MR) is 99.3 cm³/mol. The summed E-state index contributed by atoms with van der Waals surface area (Å²) in [6, 6.07) is 7.40. The molecule has 0 fully saturated rings. The monoisotopic (exact) mass is 355 g/mol. The van der Waals surface area contributed by atoms with E-state index in [4.69, 9.17) is 4.74 Å². The molecule has 8 nitrogen and oxygen atoms in total. The smallest absolute Gasteiger partial charge is 0.262 e. The van der Waals surface area contributed by atoms with Gasteiger partial charge < -0.3 is 20.1 Å². The number of hydrogen-bond donors (Lipinski definition) is 3. The van der Waals surface area contributed by atoms with Crippen LogP contribution >= 0.6 is 0 Å². The van der Waals surface area contributed by atoms with Crippen molar-refractivity contribution in [1.82, 2.24) is 19.9 Å². The van der Waals surface area contributed by atoms with Crippen LogP contribution in [-0.4, -0.2) is 44.3 Å². The number of aromatic amines is 1. The lowest BCUT2D eigenvalue weighted by Gasteiger charge is -2.11. The maximum Gasteiger partial charge on any atom is 0.262 e. The molecule has 0 aliphatic carbocycles. The fourth-order valence-corrected chi connectivity index (χ4v) is 2.38. The number of rotatable bonds is 7. The number of aliphatic hydroxyl groups excluding tert-OH is 1. The molecule has 0 saturated heterocycles. The van der Waals surface area contributed by atoms with Gasteiger partial charge in [0.2, 0.25) is 5.95 Å². The van der Waals surface area contributed by atoms with Crippen LogP contribution in [0.15, 0.2) is 35.3 Å².